The van der Waals surface area contributed by atoms with Gasteiger partial charge in [-0.2, -0.15) is 5.10 Å². The summed E-state index contributed by atoms with van der Waals surface area (Å²) in [5, 5.41) is 9.84. The summed E-state index contributed by atoms with van der Waals surface area (Å²) >= 11 is 0. The molecule has 1 fully saturated rings. The molecule has 0 spiro atoms. The van der Waals surface area contributed by atoms with Gasteiger partial charge in [0.15, 0.2) is 5.03 Å². The maximum absolute atomic E-state index is 12.4. The first-order chi connectivity index (χ1) is 10.0. The van der Waals surface area contributed by atoms with Crippen LogP contribution >= 0.6 is 0 Å². The Hall–Kier alpha value is -0.960. The Balaban J connectivity index is 1.97. The van der Waals surface area contributed by atoms with E-state index in [1.165, 1.54) is 0 Å². The number of likely N-dealkylation sites (tertiary alicyclic amines) is 1. The summed E-state index contributed by atoms with van der Waals surface area (Å²) in [6.45, 7) is 4.90. The highest BCUT2D eigenvalue weighted by atomic mass is 32.2. The van der Waals surface area contributed by atoms with E-state index in [1.54, 1.807) is 6.20 Å². The molecule has 1 saturated heterocycles. The third-order valence-electron chi connectivity index (χ3n) is 3.87. The van der Waals surface area contributed by atoms with E-state index in [1.807, 2.05) is 7.05 Å². The van der Waals surface area contributed by atoms with Crippen molar-refractivity contribution in [1.29, 1.82) is 0 Å². The number of sulfonamides is 1. The monoisotopic (exact) mass is 315 g/mol. The van der Waals surface area contributed by atoms with Gasteiger partial charge in [0, 0.05) is 24.7 Å². The van der Waals surface area contributed by atoms with Crippen LogP contribution in [0.5, 0.6) is 0 Å². The fraction of sp³-hybridized carbons (Fsp3) is 0.769. The number of nitrogens with zero attached hydrogens (tertiary/aromatic N) is 2. The van der Waals surface area contributed by atoms with Gasteiger partial charge in [-0.25, -0.2) is 13.1 Å². The van der Waals surface area contributed by atoms with E-state index < -0.39 is 10.0 Å². The number of likely N-dealkylation sites (N-methyl/N-ethyl adjacent to an activating group) is 1. The summed E-state index contributed by atoms with van der Waals surface area (Å²) in [5.41, 5.74) is 0.677. The first kappa shape index (κ1) is 16.4. The van der Waals surface area contributed by atoms with Crippen molar-refractivity contribution < 1.29 is 8.42 Å². The molecule has 1 unspecified atom stereocenters. The Morgan fingerprint density at radius 1 is 1.52 bits per heavy atom. The molecule has 1 aliphatic rings. The highest BCUT2D eigenvalue weighted by molar-refractivity contribution is 7.89. The number of H-pyrrole nitrogens is 1. The lowest BCUT2D eigenvalue weighted by Crippen LogP contribution is -2.38. The summed E-state index contributed by atoms with van der Waals surface area (Å²) in [6, 6.07) is 0.282. The zero-order valence-corrected chi connectivity index (χ0v) is 13.5. The molecule has 120 valence electrons. The van der Waals surface area contributed by atoms with Crippen LogP contribution in [0.3, 0.4) is 0 Å². The van der Waals surface area contributed by atoms with Gasteiger partial charge in [0.2, 0.25) is 0 Å². The van der Waals surface area contributed by atoms with Crippen molar-refractivity contribution in [2.24, 2.45) is 0 Å². The molecule has 0 saturated carbocycles. The van der Waals surface area contributed by atoms with Crippen molar-refractivity contribution in [1.82, 2.24) is 25.1 Å². The second kappa shape index (κ2) is 7.35. The Morgan fingerprint density at radius 2 is 2.33 bits per heavy atom. The molecule has 1 aliphatic heterocycles. The molecule has 3 N–H and O–H groups in total. The highest BCUT2D eigenvalue weighted by Crippen LogP contribution is 2.16. The second-order valence-electron chi connectivity index (χ2n) is 5.53. The first-order valence-electron chi connectivity index (χ1n) is 7.47. The van der Waals surface area contributed by atoms with Gasteiger partial charge in [-0.1, -0.05) is 6.92 Å². The lowest BCUT2D eigenvalue weighted by molar-refractivity contribution is 0.310. The molecule has 8 heteroatoms. The smallest absolute Gasteiger partial charge is 0.257 e. The van der Waals surface area contributed by atoms with Gasteiger partial charge in [-0.15, -0.1) is 0 Å². The number of hydrogen-bond acceptors (Lipinski definition) is 5. The van der Waals surface area contributed by atoms with Crippen molar-refractivity contribution in [3.05, 3.63) is 11.8 Å². The lowest BCUT2D eigenvalue weighted by atomic mass is 10.2. The minimum absolute atomic E-state index is 0.173. The molecular formula is C13H25N5O2S. The summed E-state index contributed by atoms with van der Waals surface area (Å²) < 4.78 is 27.5. The van der Waals surface area contributed by atoms with E-state index in [-0.39, 0.29) is 11.1 Å². The average Bonchev–Trinajstić information content (AvgIpc) is 3.06. The predicted molar refractivity (Wildman–Crippen MR) is 81.4 cm³/mol. The zero-order chi connectivity index (χ0) is 15.3. The lowest BCUT2D eigenvalue weighted by Gasteiger charge is -2.19. The SMILES string of the molecule is CCCNCc1cn[nH]c1S(=O)(=O)NCC1CCCN1C. The fourth-order valence-corrected chi connectivity index (χ4v) is 3.77. The third kappa shape index (κ3) is 4.26. The van der Waals surface area contributed by atoms with Gasteiger partial charge in [0.25, 0.3) is 10.0 Å². The number of hydrogen-bond donors (Lipinski definition) is 3. The number of aromatic nitrogens is 2. The Labute approximate surface area is 126 Å². The van der Waals surface area contributed by atoms with Gasteiger partial charge in [0.1, 0.15) is 0 Å². The molecule has 0 radical (unpaired) electrons. The molecule has 7 nitrogen and oxygen atoms in total. The molecule has 1 atom stereocenters. The molecule has 1 aromatic heterocycles. The van der Waals surface area contributed by atoms with Gasteiger partial charge in [0.05, 0.1) is 6.20 Å². The van der Waals surface area contributed by atoms with Crippen LogP contribution in [0.2, 0.25) is 0 Å². The number of nitrogens with one attached hydrogen (secondary N) is 3. The minimum atomic E-state index is -3.53. The van der Waals surface area contributed by atoms with E-state index in [4.69, 9.17) is 0 Å². The molecule has 0 amide bonds. The van der Waals surface area contributed by atoms with Crippen LogP contribution in [0.4, 0.5) is 0 Å². The third-order valence-corrected chi connectivity index (χ3v) is 5.31. The quantitative estimate of drug-likeness (QED) is 0.600. The molecule has 0 aromatic carbocycles. The highest BCUT2D eigenvalue weighted by Gasteiger charge is 2.25. The van der Waals surface area contributed by atoms with E-state index >= 15 is 0 Å². The van der Waals surface area contributed by atoms with Crippen LogP contribution in [0, 0.1) is 0 Å². The Kier molecular flexibility index (Phi) is 5.74. The number of aromatic amines is 1. The van der Waals surface area contributed by atoms with Crippen LogP contribution in [0.1, 0.15) is 31.7 Å². The molecule has 21 heavy (non-hydrogen) atoms. The number of rotatable bonds is 8. The zero-order valence-electron chi connectivity index (χ0n) is 12.7. The standard InChI is InChI=1S/C13H25N5O2S/c1-3-6-14-8-11-9-15-17-13(11)21(19,20)16-10-12-5-4-7-18(12)2/h9,12,14,16H,3-8,10H2,1-2H3,(H,15,17). The Morgan fingerprint density at radius 3 is 3.00 bits per heavy atom. The van der Waals surface area contributed by atoms with Crippen molar-refractivity contribution in [2.45, 2.75) is 43.8 Å². The second-order valence-corrected chi connectivity index (χ2v) is 7.23. The van der Waals surface area contributed by atoms with Crippen LogP contribution in [0.25, 0.3) is 0 Å². The Bertz CT molecular complexity index is 543. The molecular weight excluding hydrogens is 290 g/mol. The van der Waals surface area contributed by atoms with Gasteiger partial charge < -0.3 is 10.2 Å². The molecule has 0 aliphatic carbocycles. The van der Waals surface area contributed by atoms with Crippen molar-refractivity contribution >= 4 is 10.0 Å². The summed E-state index contributed by atoms with van der Waals surface area (Å²) in [4.78, 5) is 2.19. The topological polar surface area (TPSA) is 90.1 Å². The normalized spacial score (nSPS) is 20.2. The summed E-state index contributed by atoms with van der Waals surface area (Å²) in [5.74, 6) is 0. The molecule has 2 heterocycles. The molecule has 2 rings (SSSR count). The summed E-state index contributed by atoms with van der Waals surface area (Å²) in [7, 11) is -1.50. The van der Waals surface area contributed by atoms with Gasteiger partial charge in [-0.05, 0) is 39.4 Å². The first-order valence-corrected chi connectivity index (χ1v) is 8.95. The fourth-order valence-electron chi connectivity index (χ4n) is 2.57. The van der Waals surface area contributed by atoms with Crippen LogP contribution in [-0.4, -0.2) is 56.2 Å². The van der Waals surface area contributed by atoms with E-state index in [2.05, 4.69) is 32.1 Å². The average molecular weight is 315 g/mol. The van der Waals surface area contributed by atoms with Crippen LogP contribution in [0.15, 0.2) is 11.2 Å². The maximum atomic E-state index is 12.4. The van der Waals surface area contributed by atoms with Crippen molar-refractivity contribution in [3.8, 4) is 0 Å². The van der Waals surface area contributed by atoms with Gasteiger partial charge >= 0.3 is 0 Å². The van der Waals surface area contributed by atoms with Gasteiger partial charge in [-0.3, -0.25) is 5.10 Å². The maximum Gasteiger partial charge on any atom is 0.257 e. The predicted octanol–water partition coefficient (Wildman–Crippen LogP) is 0.282. The van der Waals surface area contributed by atoms with E-state index in [0.29, 0.717) is 18.7 Å². The van der Waals surface area contributed by atoms with Crippen molar-refractivity contribution in [2.75, 3.05) is 26.7 Å². The summed E-state index contributed by atoms with van der Waals surface area (Å²) in [6.07, 6.45) is 4.73. The minimum Gasteiger partial charge on any atom is -0.313 e. The largest absolute Gasteiger partial charge is 0.313 e. The molecule has 0 bridgehead atoms. The molecule has 1 aromatic rings. The van der Waals surface area contributed by atoms with Crippen LogP contribution in [-0.2, 0) is 16.6 Å². The van der Waals surface area contributed by atoms with Crippen LogP contribution < -0.4 is 10.0 Å². The van der Waals surface area contributed by atoms with E-state index in [9.17, 15) is 8.42 Å². The van der Waals surface area contributed by atoms with Crippen molar-refractivity contribution in [3.63, 3.8) is 0 Å². The van der Waals surface area contributed by atoms with E-state index in [0.717, 1.165) is 32.4 Å².